The average molecular weight is 358 g/mol. The van der Waals surface area contributed by atoms with E-state index in [1.54, 1.807) is 24.3 Å². The molecule has 10 nitrogen and oxygen atoms in total. The van der Waals surface area contributed by atoms with Crippen LogP contribution in [-0.2, 0) is 6.42 Å². The zero-order chi connectivity index (χ0) is 18.8. The molecule has 1 aliphatic rings. The Hall–Kier alpha value is -3.69. The molecule has 10 heteroatoms. The molecular formula is C16H14N4O6. The molecule has 1 N–H and O–H groups in total. The number of benzene rings is 2. The second kappa shape index (κ2) is 6.67. The first-order chi connectivity index (χ1) is 12.4. The summed E-state index contributed by atoms with van der Waals surface area (Å²) >= 11 is 0. The number of amides is 2. The van der Waals surface area contributed by atoms with Crippen LogP contribution in [0.4, 0.5) is 27.5 Å². The van der Waals surface area contributed by atoms with Crippen LogP contribution in [0.2, 0.25) is 0 Å². The molecule has 0 aliphatic carbocycles. The van der Waals surface area contributed by atoms with Gasteiger partial charge in [0.1, 0.15) is 11.4 Å². The molecule has 1 aliphatic heterocycles. The molecule has 0 saturated heterocycles. The van der Waals surface area contributed by atoms with Crippen LogP contribution < -0.4 is 15.0 Å². The average Bonchev–Trinajstić information content (AvgIpc) is 3.05. The van der Waals surface area contributed by atoms with Crippen molar-refractivity contribution in [2.45, 2.75) is 6.42 Å². The van der Waals surface area contributed by atoms with Crippen molar-refractivity contribution in [3.05, 3.63) is 62.2 Å². The molecule has 0 unspecified atom stereocenters. The number of fused-ring (bicyclic) bond motifs is 1. The van der Waals surface area contributed by atoms with E-state index in [0.29, 0.717) is 23.4 Å². The Balaban J connectivity index is 1.91. The molecule has 26 heavy (non-hydrogen) atoms. The Morgan fingerprint density at radius 1 is 1.15 bits per heavy atom. The molecular weight excluding hydrogens is 344 g/mol. The van der Waals surface area contributed by atoms with Crippen molar-refractivity contribution in [2.75, 3.05) is 23.9 Å². The maximum absolute atomic E-state index is 12.6. The summed E-state index contributed by atoms with van der Waals surface area (Å²) in [7, 11) is 1.52. The molecule has 0 atom stereocenters. The van der Waals surface area contributed by atoms with Crippen molar-refractivity contribution in [2.24, 2.45) is 0 Å². The van der Waals surface area contributed by atoms with Crippen LogP contribution in [0.3, 0.4) is 0 Å². The number of ether oxygens (including phenoxy) is 1. The Kier molecular flexibility index (Phi) is 4.40. The number of nitro benzene ring substituents is 2. The monoisotopic (exact) mass is 358 g/mol. The molecule has 0 bridgehead atoms. The molecule has 0 radical (unpaired) electrons. The van der Waals surface area contributed by atoms with Crippen molar-refractivity contribution in [1.82, 2.24) is 0 Å². The SMILES string of the molecule is COc1ccc(NC(=O)N2CCc3cc([N+](=O)[O-])cc([N+](=O)[O-])c32)cc1. The van der Waals surface area contributed by atoms with E-state index in [4.69, 9.17) is 4.74 Å². The van der Waals surface area contributed by atoms with E-state index in [2.05, 4.69) is 5.32 Å². The Labute approximate surface area is 147 Å². The number of carbonyl (C=O) groups excluding carboxylic acids is 1. The highest BCUT2D eigenvalue weighted by molar-refractivity contribution is 6.05. The number of non-ortho nitro benzene ring substituents is 1. The summed E-state index contributed by atoms with van der Waals surface area (Å²) in [6.45, 7) is 0.194. The molecule has 2 aromatic rings. The van der Waals surface area contributed by atoms with Crippen molar-refractivity contribution in [1.29, 1.82) is 0 Å². The van der Waals surface area contributed by atoms with E-state index in [9.17, 15) is 25.0 Å². The van der Waals surface area contributed by atoms with Crippen LogP contribution in [0.25, 0.3) is 0 Å². The van der Waals surface area contributed by atoms with Crippen LogP contribution in [0, 0.1) is 20.2 Å². The van der Waals surface area contributed by atoms with E-state index < -0.39 is 21.6 Å². The minimum absolute atomic E-state index is 0.0895. The Morgan fingerprint density at radius 3 is 2.42 bits per heavy atom. The molecule has 0 fully saturated rings. The fourth-order valence-electron chi connectivity index (χ4n) is 2.82. The van der Waals surface area contributed by atoms with Crippen LogP contribution in [0.15, 0.2) is 36.4 Å². The van der Waals surface area contributed by atoms with Gasteiger partial charge in [0, 0.05) is 18.3 Å². The first kappa shape index (κ1) is 17.1. The van der Waals surface area contributed by atoms with Gasteiger partial charge >= 0.3 is 6.03 Å². The highest BCUT2D eigenvalue weighted by atomic mass is 16.6. The van der Waals surface area contributed by atoms with Gasteiger partial charge in [-0.25, -0.2) is 4.79 Å². The Morgan fingerprint density at radius 2 is 1.85 bits per heavy atom. The number of methoxy groups -OCH3 is 1. The van der Waals surface area contributed by atoms with Crippen LogP contribution >= 0.6 is 0 Å². The summed E-state index contributed by atoms with van der Waals surface area (Å²) in [6.07, 6.45) is 0.299. The van der Waals surface area contributed by atoms with Crippen molar-refractivity contribution >= 4 is 28.8 Å². The first-order valence-electron chi connectivity index (χ1n) is 7.59. The topological polar surface area (TPSA) is 128 Å². The van der Waals surface area contributed by atoms with Gasteiger partial charge in [-0.15, -0.1) is 0 Å². The number of hydrogen-bond acceptors (Lipinski definition) is 6. The predicted octanol–water partition coefficient (Wildman–Crippen LogP) is 3.11. The quantitative estimate of drug-likeness (QED) is 0.660. The fourth-order valence-corrected chi connectivity index (χ4v) is 2.82. The summed E-state index contributed by atoms with van der Waals surface area (Å²) in [5.74, 6) is 0.623. The normalized spacial score (nSPS) is 12.4. The van der Waals surface area contributed by atoms with Gasteiger partial charge in [-0.3, -0.25) is 25.1 Å². The van der Waals surface area contributed by atoms with Gasteiger partial charge in [-0.2, -0.15) is 0 Å². The largest absolute Gasteiger partial charge is 0.497 e. The third-order valence-corrected chi connectivity index (χ3v) is 4.02. The Bertz CT molecular complexity index is 896. The van der Waals surface area contributed by atoms with Crippen molar-refractivity contribution < 1.29 is 19.4 Å². The summed E-state index contributed by atoms with van der Waals surface area (Å²) in [6, 6.07) is 8.20. The number of nitrogens with one attached hydrogen (secondary N) is 1. The van der Waals surface area contributed by atoms with Gasteiger partial charge in [0.15, 0.2) is 0 Å². The molecule has 0 saturated carbocycles. The minimum Gasteiger partial charge on any atom is -0.497 e. The van der Waals surface area contributed by atoms with Crippen molar-refractivity contribution in [3.63, 3.8) is 0 Å². The van der Waals surface area contributed by atoms with E-state index in [1.165, 1.54) is 18.1 Å². The smallest absolute Gasteiger partial charge is 0.326 e. The summed E-state index contributed by atoms with van der Waals surface area (Å²) < 4.78 is 5.04. The molecule has 1 heterocycles. The van der Waals surface area contributed by atoms with E-state index in [1.807, 2.05) is 0 Å². The lowest BCUT2D eigenvalue weighted by Crippen LogP contribution is -2.33. The van der Waals surface area contributed by atoms with Gasteiger partial charge < -0.3 is 10.1 Å². The van der Waals surface area contributed by atoms with E-state index in [0.717, 1.165) is 6.07 Å². The minimum atomic E-state index is -0.717. The second-order valence-electron chi connectivity index (χ2n) is 5.55. The molecule has 3 rings (SSSR count). The zero-order valence-electron chi connectivity index (χ0n) is 13.7. The van der Waals surface area contributed by atoms with Gasteiger partial charge in [-0.1, -0.05) is 0 Å². The van der Waals surface area contributed by atoms with Crippen molar-refractivity contribution in [3.8, 4) is 5.75 Å². The number of nitrogens with zero attached hydrogens (tertiary/aromatic N) is 3. The maximum Gasteiger partial charge on any atom is 0.326 e. The fraction of sp³-hybridized carbons (Fsp3) is 0.188. The van der Waals surface area contributed by atoms with Crippen LogP contribution in [0.1, 0.15) is 5.56 Å². The highest BCUT2D eigenvalue weighted by Crippen LogP contribution is 2.40. The third-order valence-electron chi connectivity index (χ3n) is 4.02. The lowest BCUT2D eigenvalue weighted by Gasteiger charge is -2.18. The number of hydrogen-bond donors (Lipinski definition) is 1. The summed E-state index contributed by atoms with van der Waals surface area (Å²) in [5.41, 5.74) is 0.153. The van der Waals surface area contributed by atoms with E-state index >= 15 is 0 Å². The maximum atomic E-state index is 12.6. The summed E-state index contributed by atoms with van der Waals surface area (Å²) in [5, 5.41) is 25.0. The molecule has 0 aromatic heterocycles. The van der Waals surface area contributed by atoms with Gasteiger partial charge in [0.05, 0.1) is 23.0 Å². The zero-order valence-corrected chi connectivity index (χ0v) is 13.7. The summed E-state index contributed by atoms with van der Waals surface area (Å²) in [4.78, 5) is 34.7. The number of anilines is 2. The highest BCUT2D eigenvalue weighted by Gasteiger charge is 2.35. The number of rotatable bonds is 4. The molecule has 0 spiro atoms. The first-order valence-corrected chi connectivity index (χ1v) is 7.59. The van der Waals surface area contributed by atoms with E-state index in [-0.39, 0.29) is 17.9 Å². The van der Waals surface area contributed by atoms with Crippen LogP contribution in [0.5, 0.6) is 5.75 Å². The third kappa shape index (κ3) is 3.11. The number of carbonyl (C=O) groups is 1. The van der Waals surface area contributed by atoms with Crippen LogP contribution in [-0.4, -0.2) is 29.5 Å². The predicted molar refractivity (Wildman–Crippen MR) is 92.8 cm³/mol. The standard InChI is InChI=1S/C16H14N4O6/c1-26-13-4-2-11(3-5-13)17-16(21)18-7-6-10-8-12(19(22)23)9-14(15(10)18)20(24)25/h2-5,8-9H,6-7H2,1H3,(H,17,21). The molecule has 2 amide bonds. The van der Waals surface area contributed by atoms with Gasteiger partial charge in [0.25, 0.3) is 11.4 Å². The number of nitro groups is 2. The molecule has 134 valence electrons. The van der Waals surface area contributed by atoms with Gasteiger partial charge in [-0.05, 0) is 36.2 Å². The lowest BCUT2D eigenvalue weighted by atomic mass is 10.1. The lowest BCUT2D eigenvalue weighted by molar-refractivity contribution is -0.393. The van der Waals surface area contributed by atoms with Gasteiger partial charge in [0.2, 0.25) is 0 Å². The second-order valence-corrected chi connectivity index (χ2v) is 5.55. The molecule has 2 aromatic carbocycles. The number of urea groups is 1.